The number of alkyl halides is 3. The lowest BCUT2D eigenvalue weighted by Crippen LogP contribution is -2.42. The molecule has 0 saturated heterocycles. The molecule has 1 aliphatic rings. The average molecular weight is 554 g/mol. The molecule has 11 heteroatoms. The third-order valence-corrected chi connectivity index (χ3v) is 7.89. The summed E-state index contributed by atoms with van der Waals surface area (Å²) in [5.74, 6) is -0.279. The minimum atomic E-state index is -4.57. The predicted molar refractivity (Wildman–Crippen MR) is 143 cm³/mol. The molecule has 1 saturated carbocycles. The highest BCUT2D eigenvalue weighted by atomic mass is 32.1. The number of halogens is 3. The minimum Gasteiger partial charge on any atom is -0.383 e. The Balaban J connectivity index is 1.27. The lowest BCUT2D eigenvalue weighted by molar-refractivity contribution is -0.141. The summed E-state index contributed by atoms with van der Waals surface area (Å²) in [4.78, 5) is 25.3. The van der Waals surface area contributed by atoms with Crippen molar-refractivity contribution in [2.75, 3.05) is 5.32 Å². The van der Waals surface area contributed by atoms with E-state index in [0.29, 0.717) is 41.9 Å². The van der Waals surface area contributed by atoms with Gasteiger partial charge in [0.15, 0.2) is 0 Å². The van der Waals surface area contributed by atoms with Crippen molar-refractivity contribution < 1.29 is 23.1 Å². The van der Waals surface area contributed by atoms with Gasteiger partial charge in [0.05, 0.1) is 4.88 Å². The van der Waals surface area contributed by atoms with E-state index in [2.05, 4.69) is 25.6 Å². The topological polar surface area (TPSA) is 100 Å². The van der Waals surface area contributed by atoms with Crippen LogP contribution in [-0.4, -0.2) is 32.0 Å². The maximum absolute atomic E-state index is 13.0. The molecule has 202 valence electrons. The fraction of sp³-hybridized carbons (Fsp3) is 0.286. The first kappa shape index (κ1) is 26.8. The zero-order valence-corrected chi connectivity index (χ0v) is 21.8. The first-order valence-corrected chi connectivity index (χ1v) is 13.2. The van der Waals surface area contributed by atoms with Crippen LogP contribution in [0.4, 0.5) is 24.8 Å². The predicted octanol–water partition coefficient (Wildman–Crippen LogP) is 6.23. The van der Waals surface area contributed by atoms with E-state index >= 15 is 0 Å². The summed E-state index contributed by atoms with van der Waals surface area (Å²) >= 11 is 1.38. The molecule has 2 aromatic heterocycles. The number of nitrogens with zero attached hydrogens (tertiary/aromatic N) is 3. The van der Waals surface area contributed by atoms with Crippen molar-refractivity contribution in [3.05, 3.63) is 88.8 Å². The highest BCUT2D eigenvalue weighted by Gasteiger charge is 2.38. The van der Waals surface area contributed by atoms with Crippen molar-refractivity contribution in [3.63, 3.8) is 0 Å². The van der Waals surface area contributed by atoms with Gasteiger partial charge in [-0.1, -0.05) is 24.3 Å². The Labute approximate surface area is 227 Å². The normalized spacial score (nSPS) is 19.5. The number of thiazole rings is 1. The largest absolute Gasteiger partial charge is 0.433 e. The number of carbonyl (C=O) groups excluding carboxylic acids is 1. The number of rotatable bonds is 6. The van der Waals surface area contributed by atoms with Crippen molar-refractivity contribution in [1.29, 1.82) is 0 Å². The lowest BCUT2D eigenvalue weighted by Gasteiger charge is -2.34. The number of benzene rings is 2. The fourth-order valence-corrected chi connectivity index (χ4v) is 5.69. The van der Waals surface area contributed by atoms with Crippen LogP contribution in [0.5, 0.6) is 0 Å². The second-order valence-electron chi connectivity index (χ2n) is 9.65. The average Bonchev–Trinajstić information content (AvgIpc) is 3.42. The Bertz CT molecular complexity index is 1470. The Morgan fingerprint density at radius 1 is 1.08 bits per heavy atom. The molecule has 2 heterocycles. The molecular formula is C28H26F3N5O2S. The molecule has 0 radical (unpaired) electrons. The van der Waals surface area contributed by atoms with Gasteiger partial charge in [0, 0.05) is 29.7 Å². The number of carbonyl (C=O) groups is 1. The summed E-state index contributed by atoms with van der Waals surface area (Å²) in [6.45, 7) is 1.88. The van der Waals surface area contributed by atoms with E-state index in [1.165, 1.54) is 11.3 Å². The van der Waals surface area contributed by atoms with Crippen molar-refractivity contribution in [2.45, 2.75) is 50.4 Å². The second kappa shape index (κ2) is 10.7. The standard InChI is InChI=1S/C28H26F3N5O2S/c1-17-13-19(15-21(14-17)35-26-32-12-9-23(36-26)28(29,30)31)22-16-33-25(39-22)27(38)10-7-20(8-11-27)34-24(37)18-5-3-2-4-6-18/h2-6,9,12-16,20,38H,7-8,10-11H2,1H3,(H,34,37)(H,32,35,36). The van der Waals surface area contributed by atoms with Gasteiger partial charge in [0.1, 0.15) is 16.3 Å². The molecule has 1 aliphatic carbocycles. The molecule has 0 aliphatic heterocycles. The van der Waals surface area contributed by atoms with Gasteiger partial charge in [-0.05, 0) is 74.1 Å². The maximum Gasteiger partial charge on any atom is 0.433 e. The van der Waals surface area contributed by atoms with Crippen molar-refractivity contribution in [1.82, 2.24) is 20.3 Å². The first-order chi connectivity index (χ1) is 18.6. The van der Waals surface area contributed by atoms with E-state index in [4.69, 9.17) is 0 Å². The van der Waals surface area contributed by atoms with Crippen LogP contribution in [0, 0.1) is 6.92 Å². The molecule has 4 aromatic rings. The molecule has 5 rings (SSSR count). The number of nitrogens with one attached hydrogen (secondary N) is 2. The molecule has 1 amide bonds. The molecule has 0 unspecified atom stereocenters. The van der Waals surface area contributed by atoms with Gasteiger partial charge in [0.2, 0.25) is 5.95 Å². The SMILES string of the molecule is Cc1cc(Nc2nccc(C(F)(F)F)n2)cc(-c2cnc(C3(O)CCC(NC(=O)c4ccccc4)CC3)s2)c1. The van der Waals surface area contributed by atoms with E-state index in [1.54, 1.807) is 30.5 Å². The first-order valence-electron chi connectivity index (χ1n) is 12.4. The summed E-state index contributed by atoms with van der Waals surface area (Å²) in [7, 11) is 0. The van der Waals surface area contributed by atoms with Crippen LogP contribution in [0.2, 0.25) is 0 Å². The zero-order chi connectivity index (χ0) is 27.6. The Morgan fingerprint density at radius 3 is 2.54 bits per heavy atom. The fourth-order valence-electron chi connectivity index (χ4n) is 4.64. The number of amides is 1. The summed E-state index contributed by atoms with van der Waals surface area (Å²) in [5, 5.41) is 17.9. The summed E-state index contributed by atoms with van der Waals surface area (Å²) < 4.78 is 39.1. The monoisotopic (exact) mass is 553 g/mol. The number of hydrogen-bond acceptors (Lipinski definition) is 7. The molecule has 2 aromatic carbocycles. The highest BCUT2D eigenvalue weighted by Crippen LogP contribution is 2.41. The van der Waals surface area contributed by atoms with Crippen LogP contribution < -0.4 is 10.6 Å². The molecule has 39 heavy (non-hydrogen) atoms. The van der Waals surface area contributed by atoms with Gasteiger partial charge >= 0.3 is 6.18 Å². The van der Waals surface area contributed by atoms with Gasteiger partial charge in [-0.25, -0.2) is 15.0 Å². The molecule has 3 N–H and O–H groups in total. The van der Waals surface area contributed by atoms with Crippen LogP contribution in [0.25, 0.3) is 10.4 Å². The van der Waals surface area contributed by atoms with Crippen molar-refractivity contribution >= 4 is 28.9 Å². The van der Waals surface area contributed by atoms with E-state index in [-0.39, 0.29) is 17.9 Å². The van der Waals surface area contributed by atoms with Crippen LogP contribution in [0.1, 0.15) is 52.3 Å². The van der Waals surface area contributed by atoms with Crippen LogP contribution in [0.15, 0.2) is 67.0 Å². The number of hydrogen-bond donors (Lipinski definition) is 3. The van der Waals surface area contributed by atoms with Crippen LogP contribution in [0.3, 0.4) is 0 Å². The lowest BCUT2D eigenvalue weighted by atomic mass is 9.82. The van der Waals surface area contributed by atoms with E-state index < -0.39 is 17.5 Å². The smallest absolute Gasteiger partial charge is 0.383 e. The number of anilines is 2. The molecule has 0 spiro atoms. The molecule has 0 bridgehead atoms. The molecule has 7 nitrogen and oxygen atoms in total. The van der Waals surface area contributed by atoms with E-state index in [1.807, 2.05) is 31.2 Å². The Kier molecular flexibility index (Phi) is 7.37. The van der Waals surface area contributed by atoms with Gasteiger partial charge in [-0.15, -0.1) is 11.3 Å². The number of aryl methyl sites for hydroxylation is 1. The van der Waals surface area contributed by atoms with Crippen molar-refractivity contribution in [2.24, 2.45) is 0 Å². The highest BCUT2D eigenvalue weighted by molar-refractivity contribution is 7.15. The maximum atomic E-state index is 13.0. The molecular weight excluding hydrogens is 527 g/mol. The third kappa shape index (κ3) is 6.26. The Hall–Kier alpha value is -3.83. The van der Waals surface area contributed by atoms with Crippen molar-refractivity contribution in [3.8, 4) is 10.4 Å². The summed E-state index contributed by atoms with van der Waals surface area (Å²) in [6.07, 6.45) is 0.371. The van der Waals surface area contributed by atoms with Gasteiger partial charge in [-0.2, -0.15) is 13.2 Å². The van der Waals surface area contributed by atoms with Gasteiger partial charge < -0.3 is 15.7 Å². The summed E-state index contributed by atoms with van der Waals surface area (Å²) in [6, 6.07) is 15.3. The van der Waals surface area contributed by atoms with Crippen LogP contribution >= 0.6 is 11.3 Å². The third-order valence-electron chi connectivity index (χ3n) is 6.65. The van der Waals surface area contributed by atoms with Gasteiger partial charge in [0.25, 0.3) is 5.91 Å². The zero-order valence-electron chi connectivity index (χ0n) is 21.0. The molecule has 1 fully saturated rings. The summed E-state index contributed by atoms with van der Waals surface area (Å²) in [5.41, 5.74) is 0.712. The van der Waals surface area contributed by atoms with Crippen LogP contribution in [-0.2, 0) is 11.8 Å². The van der Waals surface area contributed by atoms with E-state index in [9.17, 15) is 23.1 Å². The van der Waals surface area contributed by atoms with Gasteiger partial charge in [-0.3, -0.25) is 4.79 Å². The quantitative estimate of drug-likeness (QED) is 0.262. The Morgan fingerprint density at radius 2 is 1.82 bits per heavy atom. The molecule has 0 atom stereocenters. The minimum absolute atomic E-state index is 0.0270. The number of aliphatic hydroxyl groups is 1. The number of aromatic nitrogens is 3. The second-order valence-corrected chi connectivity index (χ2v) is 10.7. The van der Waals surface area contributed by atoms with E-state index in [0.717, 1.165) is 28.3 Å².